The Kier molecular flexibility index (Phi) is 5.61. The zero-order valence-corrected chi connectivity index (χ0v) is 20.9. The van der Waals surface area contributed by atoms with Crippen LogP contribution in [0.2, 0.25) is 0 Å². The molecule has 6 heteroatoms. The molecule has 35 heavy (non-hydrogen) atoms. The Bertz CT molecular complexity index is 1390. The van der Waals surface area contributed by atoms with Crippen molar-refractivity contribution in [1.82, 2.24) is 9.47 Å². The number of methoxy groups -OCH3 is 1. The predicted octanol–water partition coefficient (Wildman–Crippen LogP) is 6.87. The second-order valence-electron chi connectivity index (χ2n) is 9.40. The van der Waals surface area contributed by atoms with E-state index in [9.17, 15) is 4.79 Å². The van der Waals surface area contributed by atoms with Crippen molar-refractivity contribution in [2.24, 2.45) is 0 Å². The standard InChI is InChI=1S/C29H29N3O2S/c1-19-12-14-21(15-13-19)30-29(33)32-18-24-23-9-3-4-11-26(23)35-28(24)31-16-6-10-25(31)27(32)20-7-5-8-22(17-20)34-2/h5-8,10,12-17,27H,3-4,9,11,18H2,1-2H3,(H,30,33)/t27-/m1/s1. The fraction of sp³-hybridized carbons (Fsp3) is 0.276. The Balaban J connectivity index is 1.50. The minimum Gasteiger partial charge on any atom is -0.497 e. The van der Waals surface area contributed by atoms with Gasteiger partial charge in [-0.05, 0) is 80.1 Å². The SMILES string of the molecule is COc1cccc([C@@H]2c3cccn3-c3sc4c(c3CN2C(=O)Nc2ccc(C)cc2)CCCC4)c1. The number of hydrogen-bond acceptors (Lipinski definition) is 3. The third kappa shape index (κ3) is 3.92. The second-order valence-corrected chi connectivity index (χ2v) is 10.5. The molecular weight excluding hydrogens is 454 g/mol. The molecule has 0 fully saturated rings. The van der Waals surface area contributed by atoms with Crippen molar-refractivity contribution in [2.45, 2.75) is 45.2 Å². The number of rotatable bonds is 3. The van der Waals surface area contributed by atoms with Crippen LogP contribution in [0.4, 0.5) is 10.5 Å². The van der Waals surface area contributed by atoms with Crippen molar-refractivity contribution in [3.05, 3.63) is 99.7 Å². The average molecular weight is 484 g/mol. The summed E-state index contributed by atoms with van der Waals surface area (Å²) in [5, 5.41) is 4.43. The van der Waals surface area contributed by atoms with E-state index in [0.29, 0.717) is 6.54 Å². The van der Waals surface area contributed by atoms with Gasteiger partial charge in [-0.3, -0.25) is 0 Å². The highest BCUT2D eigenvalue weighted by molar-refractivity contribution is 7.15. The summed E-state index contributed by atoms with van der Waals surface area (Å²) in [4.78, 5) is 17.4. The summed E-state index contributed by atoms with van der Waals surface area (Å²) < 4.78 is 7.85. The molecule has 0 saturated heterocycles. The monoisotopic (exact) mass is 483 g/mol. The molecule has 1 N–H and O–H groups in total. The molecule has 0 spiro atoms. The highest BCUT2D eigenvalue weighted by Gasteiger charge is 2.36. The van der Waals surface area contributed by atoms with Crippen LogP contribution in [-0.2, 0) is 19.4 Å². The van der Waals surface area contributed by atoms with Crippen molar-refractivity contribution in [3.8, 4) is 10.8 Å². The molecule has 4 aromatic rings. The summed E-state index contributed by atoms with van der Waals surface area (Å²) in [7, 11) is 1.68. The van der Waals surface area contributed by atoms with Crippen LogP contribution < -0.4 is 10.1 Å². The second kappa shape index (κ2) is 8.93. The molecule has 2 amide bonds. The Morgan fingerprint density at radius 3 is 2.69 bits per heavy atom. The van der Waals surface area contributed by atoms with Gasteiger partial charge in [-0.2, -0.15) is 0 Å². The quantitative estimate of drug-likeness (QED) is 0.346. The number of aromatic nitrogens is 1. The van der Waals surface area contributed by atoms with Gasteiger partial charge in [0.05, 0.1) is 25.4 Å². The number of nitrogens with one attached hydrogen (secondary N) is 1. The number of fused-ring (bicyclic) bond motifs is 5. The first kappa shape index (κ1) is 22.0. The topological polar surface area (TPSA) is 46.5 Å². The van der Waals surface area contributed by atoms with Crippen molar-refractivity contribution < 1.29 is 9.53 Å². The van der Waals surface area contributed by atoms with E-state index >= 15 is 0 Å². The lowest BCUT2D eigenvalue weighted by atomic mass is 9.95. The molecule has 1 atom stereocenters. The maximum atomic E-state index is 14.0. The summed E-state index contributed by atoms with van der Waals surface area (Å²) in [6.07, 6.45) is 6.83. The average Bonchev–Trinajstić information content (AvgIpc) is 3.47. The molecule has 2 aliphatic rings. The Morgan fingerprint density at radius 1 is 1.03 bits per heavy atom. The van der Waals surface area contributed by atoms with Gasteiger partial charge in [-0.15, -0.1) is 11.3 Å². The van der Waals surface area contributed by atoms with Gasteiger partial charge in [-0.25, -0.2) is 4.79 Å². The third-order valence-electron chi connectivity index (χ3n) is 7.15. The number of urea groups is 1. The molecular formula is C29H29N3O2S. The van der Waals surface area contributed by atoms with Crippen LogP contribution in [0, 0.1) is 6.92 Å². The summed E-state index contributed by atoms with van der Waals surface area (Å²) in [5.74, 6) is 0.788. The summed E-state index contributed by atoms with van der Waals surface area (Å²) in [5.41, 5.74) is 6.85. The first-order valence-corrected chi connectivity index (χ1v) is 13.0. The van der Waals surface area contributed by atoms with Crippen LogP contribution in [0.15, 0.2) is 66.9 Å². The molecule has 1 aliphatic carbocycles. The molecule has 3 heterocycles. The van der Waals surface area contributed by atoms with Gasteiger partial charge in [0, 0.05) is 22.3 Å². The van der Waals surface area contributed by atoms with E-state index in [2.05, 4.69) is 41.2 Å². The first-order chi connectivity index (χ1) is 17.1. The summed E-state index contributed by atoms with van der Waals surface area (Å²) >= 11 is 1.90. The van der Waals surface area contributed by atoms with E-state index in [0.717, 1.165) is 35.5 Å². The van der Waals surface area contributed by atoms with Crippen molar-refractivity contribution >= 4 is 23.1 Å². The predicted molar refractivity (Wildman–Crippen MR) is 141 cm³/mol. The number of anilines is 1. The molecule has 0 radical (unpaired) electrons. The van der Waals surface area contributed by atoms with Gasteiger partial charge in [0.15, 0.2) is 0 Å². The Labute approximate surface area is 210 Å². The lowest BCUT2D eigenvalue weighted by Crippen LogP contribution is -2.38. The first-order valence-electron chi connectivity index (χ1n) is 12.2. The molecule has 1 aliphatic heterocycles. The van der Waals surface area contributed by atoms with Gasteiger partial charge in [0.25, 0.3) is 0 Å². The van der Waals surface area contributed by atoms with Crippen LogP contribution in [0.1, 0.15) is 51.7 Å². The number of aryl methyl sites for hydroxylation is 2. The number of ether oxygens (including phenoxy) is 1. The number of nitrogens with zero attached hydrogens (tertiary/aromatic N) is 2. The maximum Gasteiger partial charge on any atom is 0.322 e. The summed E-state index contributed by atoms with van der Waals surface area (Å²) in [6.45, 7) is 2.62. The molecule has 0 bridgehead atoms. The summed E-state index contributed by atoms with van der Waals surface area (Å²) in [6, 6.07) is 19.9. The molecule has 0 unspecified atom stereocenters. The van der Waals surface area contributed by atoms with Gasteiger partial charge in [-0.1, -0.05) is 29.8 Å². The zero-order chi connectivity index (χ0) is 23.9. The van der Waals surface area contributed by atoms with Gasteiger partial charge >= 0.3 is 6.03 Å². The number of thiophene rings is 1. The van der Waals surface area contributed by atoms with Gasteiger partial charge < -0.3 is 19.5 Å². The zero-order valence-electron chi connectivity index (χ0n) is 20.1. The Hall–Kier alpha value is -3.51. The minimum absolute atomic E-state index is 0.0990. The van der Waals surface area contributed by atoms with E-state index in [4.69, 9.17) is 4.74 Å². The number of carbonyl (C=O) groups is 1. The number of benzene rings is 2. The van der Waals surface area contributed by atoms with Crippen LogP contribution >= 0.6 is 11.3 Å². The van der Waals surface area contributed by atoms with E-state index < -0.39 is 0 Å². The van der Waals surface area contributed by atoms with E-state index in [-0.39, 0.29) is 12.1 Å². The lowest BCUT2D eigenvalue weighted by molar-refractivity contribution is 0.194. The van der Waals surface area contributed by atoms with Gasteiger partial charge in [0.2, 0.25) is 0 Å². The van der Waals surface area contributed by atoms with Crippen LogP contribution in [0.3, 0.4) is 0 Å². The smallest absolute Gasteiger partial charge is 0.322 e. The molecule has 178 valence electrons. The van der Waals surface area contributed by atoms with E-state index in [1.54, 1.807) is 7.11 Å². The van der Waals surface area contributed by atoms with Crippen LogP contribution in [-0.4, -0.2) is 22.6 Å². The minimum atomic E-state index is -0.246. The molecule has 0 saturated carbocycles. The maximum absolute atomic E-state index is 14.0. The normalized spacial score (nSPS) is 16.6. The Morgan fingerprint density at radius 2 is 1.86 bits per heavy atom. The molecule has 6 rings (SSSR count). The van der Waals surface area contributed by atoms with Crippen LogP contribution in [0.25, 0.3) is 5.00 Å². The van der Waals surface area contributed by atoms with Crippen LogP contribution in [0.5, 0.6) is 5.75 Å². The fourth-order valence-electron chi connectivity index (χ4n) is 5.38. The molecule has 2 aromatic heterocycles. The highest BCUT2D eigenvalue weighted by Crippen LogP contribution is 2.44. The van der Waals surface area contributed by atoms with Gasteiger partial charge in [0.1, 0.15) is 10.8 Å². The molecule has 5 nitrogen and oxygen atoms in total. The van der Waals surface area contributed by atoms with E-state index in [1.807, 2.05) is 58.7 Å². The van der Waals surface area contributed by atoms with Crippen molar-refractivity contribution in [1.29, 1.82) is 0 Å². The fourth-order valence-corrected chi connectivity index (χ4v) is 6.79. The van der Waals surface area contributed by atoms with Crippen molar-refractivity contribution in [3.63, 3.8) is 0 Å². The third-order valence-corrected chi connectivity index (χ3v) is 8.49. The number of amides is 2. The lowest BCUT2D eigenvalue weighted by Gasteiger charge is -2.31. The van der Waals surface area contributed by atoms with E-state index in [1.165, 1.54) is 39.4 Å². The highest BCUT2D eigenvalue weighted by atomic mass is 32.1. The molecule has 2 aromatic carbocycles. The van der Waals surface area contributed by atoms with Crippen molar-refractivity contribution in [2.75, 3.05) is 12.4 Å². The number of hydrogen-bond donors (Lipinski definition) is 1. The number of carbonyl (C=O) groups excluding carboxylic acids is 1. The largest absolute Gasteiger partial charge is 0.497 e.